The molecule has 1 aromatic carbocycles. The molecule has 2 rings (SSSR count). The number of aryl methyl sites for hydroxylation is 1. The lowest BCUT2D eigenvalue weighted by molar-refractivity contribution is 0.658. The lowest BCUT2D eigenvalue weighted by Crippen LogP contribution is -2.24. The molecule has 0 fully saturated rings. The summed E-state index contributed by atoms with van der Waals surface area (Å²) < 4.78 is 1.47. The number of halogens is 1. The van der Waals surface area contributed by atoms with Crippen molar-refractivity contribution in [1.29, 1.82) is 0 Å². The third-order valence-corrected chi connectivity index (χ3v) is 3.80. The van der Waals surface area contributed by atoms with Gasteiger partial charge in [-0.1, -0.05) is 48.0 Å². The van der Waals surface area contributed by atoms with E-state index in [-0.39, 0.29) is 12.0 Å². The van der Waals surface area contributed by atoms with Gasteiger partial charge in [-0.3, -0.25) is 0 Å². The monoisotopic (exact) mass is 317 g/mol. The predicted octanol–water partition coefficient (Wildman–Crippen LogP) is 3.46. The molecule has 0 aliphatic carbocycles. The van der Waals surface area contributed by atoms with E-state index in [4.69, 9.17) is 17.3 Å². The third kappa shape index (κ3) is 3.49. The summed E-state index contributed by atoms with van der Waals surface area (Å²) in [4.78, 5) is 3.94. The van der Waals surface area contributed by atoms with Crippen LogP contribution in [0.25, 0.3) is 5.82 Å². The zero-order valence-corrected chi connectivity index (χ0v) is 13.7. The summed E-state index contributed by atoms with van der Waals surface area (Å²) in [5, 5.41) is 7.93. The predicted molar refractivity (Wildman–Crippen MR) is 91.0 cm³/mol. The Morgan fingerprint density at radius 1 is 1.36 bits per heavy atom. The zero-order valence-electron chi connectivity index (χ0n) is 13.0. The van der Waals surface area contributed by atoms with E-state index in [0.717, 1.165) is 11.1 Å². The molecule has 0 spiro atoms. The summed E-state index contributed by atoms with van der Waals surface area (Å²) in [6.07, 6.45) is 1.39. The first-order valence-electron chi connectivity index (χ1n) is 6.94. The maximum atomic E-state index is 6.38. The molecule has 22 heavy (non-hydrogen) atoms. The van der Waals surface area contributed by atoms with E-state index >= 15 is 0 Å². The number of anilines is 1. The highest BCUT2D eigenvalue weighted by Gasteiger charge is 2.16. The summed E-state index contributed by atoms with van der Waals surface area (Å²) >= 11 is 6.38. The van der Waals surface area contributed by atoms with Crippen LogP contribution in [0.4, 0.5) is 5.95 Å². The zero-order chi connectivity index (χ0) is 16.3. The molecule has 1 atom stereocenters. The highest BCUT2D eigenvalue weighted by molar-refractivity contribution is 6.34. The van der Waals surface area contributed by atoms with Gasteiger partial charge in [-0.25, -0.2) is 0 Å². The average molecular weight is 318 g/mol. The SMILES string of the molecule is C=C(C)/C(Cl)=C(/N[C@@H](C)c1ccc(C)cc1)n1ncnc1N. The van der Waals surface area contributed by atoms with Crippen LogP contribution in [-0.2, 0) is 0 Å². The Kier molecular flexibility index (Phi) is 4.88. The molecular weight excluding hydrogens is 298 g/mol. The number of hydrogen-bond donors (Lipinski definition) is 2. The van der Waals surface area contributed by atoms with Crippen molar-refractivity contribution in [2.24, 2.45) is 0 Å². The summed E-state index contributed by atoms with van der Waals surface area (Å²) in [5.41, 5.74) is 8.91. The second-order valence-electron chi connectivity index (χ2n) is 5.25. The molecule has 0 unspecified atom stereocenters. The number of rotatable bonds is 5. The van der Waals surface area contributed by atoms with Gasteiger partial charge in [-0.15, -0.1) is 0 Å². The molecule has 0 radical (unpaired) electrons. The largest absolute Gasteiger partial charge is 0.368 e. The molecule has 0 saturated heterocycles. The lowest BCUT2D eigenvalue weighted by Gasteiger charge is -2.20. The van der Waals surface area contributed by atoms with Crippen LogP contribution in [0.5, 0.6) is 0 Å². The molecule has 1 heterocycles. The van der Waals surface area contributed by atoms with Crippen LogP contribution in [0.3, 0.4) is 0 Å². The highest BCUT2D eigenvalue weighted by Crippen LogP contribution is 2.24. The van der Waals surface area contributed by atoms with E-state index < -0.39 is 0 Å². The highest BCUT2D eigenvalue weighted by atomic mass is 35.5. The fourth-order valence-electron chi connectivity index (χ4n) is 1.99. The quantitative estimate of drug-likeness (QED) is 0.829. The van der Waals surface area contributed by atoms with Gasteiger partial charge in [-0.05, 0) is 31.9 Å². The molecule has 3 N–H and O–H groups in total. The first-order valence-corrected chi connectivity index (χ1v) is 7.32. The van der Waals surface area contributed by atoms with E-state index in [2.05, 4.69) is 53.2 Å². The number of allylic oxidation sites excluding steroid dienone is 2. The Labute approximate surface area is 135 Å². The second kappa shape index (κ2) is 6.66. The molecule has 0 aliphatic heterocycles. The smallest absolute Gasteiger partial charge is 0.224 e. The minimum absolute atomic E-state index is 0.0206. The molecule has 5 nitrogen and oxygen atoms in total. The number of aromatic nitrogens is 3. The molecule has 2 aromatic rings. The van der Waals surface area contributed by atoms with Gasteiger partial charge in [-0.2, -0.15) is 14.8 Å². The topological polar surface area (TPSA) is 68.8 Å². The van der Waals surface area contributed by atoms with E-state index in [9.17, 15) is 0 Å². The summed E-state index contributed by atoms with van der Waals surface area (Å²) in [7, 11) is 0. The van der Waals surface area contributed by atoms with E-state index in [1.807, 2.05) is 13.8 Å². The van der Waals surface area contributed by atoms with E-state index in [1.165, 1.54) is 16.6 Å². The number of nitrogens with one attached hydrogen (secondary N) is 1. The molecule has 0 aliphatic rings. The Hall–Kier alpha value is -2.27. The van der Waals surface area contributed by atoms with Gasteiger partial charge in [0.05, 0.1) is 5.03 Å². The molecule has 6 heteroatoms. The van der Waals surface area contributed by atoms with Crippen molar-refractivity contribution in [2.75, 3.05) is 5.73 Å². The normalized spacial score (nSPS) is 13.5. The van der Waals surface area contributed by atoms with Gasteiger partial charge in [0.2, 0.25) is 5.95 Å². The summed E-state index contributed by atoms with van der Waals surface area (Å²) in [5.74, 6) is 0.829. The maximum Gasteiger partial charge on any atom is 0.224 e. The Bertz CT molecular complexity index is 700. The number of hydrogen-bond acceptors (Lipinski definition) is 4. The van der Waals surface area contributed by atoms with Gasteiger partial charge < -0.3 is 11.1 Å². The van der Waals surface area contributed by atoms with Crippen molar-refractivity contribution in [3.63, 3.8) is 0 Å². The van der Waals surface area contributed by atoms with Crippen LogP contribution >= 0.6 is 11.6 Å². The van der Waals surface area contributed by atoms with Gasteiger partial charge in [0.15, 0.2) is 5.82 Å². The lowest BCUT2D eigenvalue weighted by atomic mass is 10.1. The number of nitrogens with zero attached hydrogens (tertiary/aromatic N) is 3. The number of nitrogens with two attached hydrogens (primary N) is 1. The van der Waals surface area contributed by atoms with E-state index in [0.29, 0.717) is 10.9 Å². The Balaban J connectivity index is 2.36. The van der Waals surface area contributed by atoms with Crippen molar-refractivity contribution < 1.29 is 0 Å². The average Bonchev–Trinajstić information content (AvgIpc) is 2.90. The summed E-state index contributed by atoms with van der Waals surface area (Å²) in [6, 6.07) is 8.31. The number of benzene rings is 1. The first kappa shape index (κ1) is 16.1. The molecule has 116 valence electrons. The van der Waals surface area contributed by atoms with Crippen molar-refractivity contribution in [2.45, 2.75) is 26.8 Å². The van der Waals surface area contributed by atoms with Crippen molar-refractivity contribution in [3.05, 3.63) is 58.9 Å². The molecule has 1 aromatic heterocycles. The number of nitrogen functional groups attached to an aromatic ring is 1. The van der Waals surface area contributed by atoms with Gasteiger partial charge in [0, 0.05) is 6.04 Å². The third-order valence-electron chi connectivity index (χ3n) is 3.30. The van der Waals surface area contributed by atoms with Crippen LogP contribution in [0, 0.1) is 6.92 Å². The van der Waals surface area contributed by atoms with Crippen molar-refractivity contribution >= 4 is 23.4 Å². The van der Waals surface area contributed by atoms with Gasteiger partial charge >= 0.3 is 0 Å². The minimum Gasteiger partial charge on any atom is -0.368 e. The molecular formula is C16H20ClN5. The van der Waals surface area contributed by atoms with Crippen LogP contribution in [0.2, 0.25) is 0 Å². The minimum atomic E-state index is 0.0206. The van der Waals surface area contributed by atoms with Crippen LogP contribution < -0.4 is 11.1 Å². The fraction of sp³-hybridized carbons (Fsp3) is 0.250. The fourth-order valence-corrected chi connectivity index (χ4v) is 2.12. The van der Waals surface area contributed by atoms with Gasteiger partial charge in [0.1, 0.15) is 6.33 Å². The van der Waals surface area contributed by atoms with Crippen molar-refractivity contribution in [3.8, 4) is 0 Å². The summed E-state index contributed by atoms with van der Waals surface area (Å²) in [6.45, 7) is 9.80. The molecule has 0 amide bonds. The standard InChI is InChI=1S/C16H20ClN5/c1-10(2)14(17)15(22-16(18)19-9-20-22)21-12(4)13-7-5-11(3)6-8-13/h5-9,12,21H,1H2,2-4H3,(H2,18,19,20)/b15-14+/t12-/m0/s1. The van der Waals surface area contributed by atoms with Crippen LogP contribution in [0.15, 0.2) is 47.8 Å². The first-order chi connectivity index (χ1) is 10.4. The molecule has 0 saturated carbocycles. The molecule has 0 bridgehead atoms. The van der Waals surface area contributed by atoms with E-state index in [1.54, 1.807) is 0 Å². The Morgan fingerprint density at radius 3 is 2.50 bits per heavy atom. The van der Waals surface area contributed by atoms with Gasteiger partial charge in [0.25, 0.3) is 0 Å². The Morgan fingerprint density at radius 2 is 2.00 bits per heavy atom. The second-order valence-corrected chi connectivity index (χ2v) is 5.63. The maximum absolute atomic E-state index is 6.38. The van der Waals surface area contributed by atoms with Crippen molar-refractivity contribution in [1.82, 2.24) is 20.1 Å². The van der Waals surface area contributed by atoms with Crippen LogP contribution in [-0.4, -0.2) is 14.8 Å². The van der Waals surface area contributed by atoms with Crippen LogP contribution in [0.1, 0.15) is 31.0 Å².